The highest BCUT2D eigenvalue weighted by Crippen LogP contribution is 2.24. The molecule has 0 saturated carbocycles. The Labute approximate surface area is 171 Å². The van der Waals surface area contributed by atoms with Gasteiger partial charge in [0.25, 0.3) is 5.89 Å². The van der Waals surface area contributed by atoms with Crippen molar-refractivity contribution in [2.75, 3.05) is 6.79 Å². The van der Waals surface area contributed by atoms with E-state index in [4.69, 9.17) is 14.0 Å². The fourth-order valence-electron chi connectivity index (χ4n) is 2.51. The summed E-state index contributed by atoms with van der Waals surface area (Å²) in [6.45, 7) is 2.33. The molecule has 8 nitrogen and oxygen atoms in total. The Balaban J connectivity index is 1.66. The number of hydrogen-bond donors (Lipinski definition) is 1. The maximum Gasteiger partial charge on any atom is 0.341 e. The van der Waals surface area contributed by atoms with E-state index in [1.807, 2.05) is 0 Å². The third-order valence-electron chi connectivity index (χ3n) is 3.87. The highest BCUT2D eigenvalue weighted by Gasteiger charge is 2.20. The van der Waals surface area contributed by atoms with Crippen LogP contribution in [0.15, 0.2) is 53.1 Å². The van der Waals surface area contributed by atoms with Crippen LogP contribution in [0.2, 0.25) is 0 Å². The molecule has 9 heteroatoms. The predicted octanol–water partition coefficient (Wildman–Crippen LogP) is 3.36. The second-order valence-corrected chi connectivity index (χ2v) is 7.04. The number of benzene rings is 2. The lowest BCUT2D eigenvalue weighted by Gasteiger charge is -2.15. The highest BCUT2D eigenvalue weighted by atomic mass is 19.1. The molecule has 1 aromatic heterocycles. The third-order valence-corrected chi connectivity index (χ3v) is 3.87. The number of halogens is 1. The molecule has 0 bridgehead atoms. The van der Waals surface area contributed by atoms with Crippen molar-refractivity contribution in [2.45, 2.75) is 25.9 Å². The van der Waals surface area contributed by atoms with E-state index in [-0.39, 0.29) is 29.3 Å². The maximum atomic E-state index is 13.9. The summed E-state index contributed by atoms with van der Waals surface area (Å²) < 4.78 is 28.7. The Morgan fingerprint density at radius 2 is 1.90 bits per heavy atom. The quantitative estimate of drug-likeness (QED) is 0.463. The minimum absolute atomic E-state index is 0.00907. The maximum absolute atomic E-state index is 13.9. The summed E-state index contributed by atoms with van der Waals surface area (Å²) in [5.41, 5.74) is -0.431. The fraction of sp³-hybridized carbons (Fsp3) is 0.238. The standard InChI is InChI=1S/C21H19FN2O6/c1-21(2,27)11-17(25)28-12-29-20(26)14-7-5-6-13(10-14)18-23-19(30-24-18)15-8-3-4-9-16(15)22/h3-10,27H,11-12H2,1-2H3. The van der Waals surface area contributed by atoms with Gasteiger partial charge >= 0.3 is 11.9 Å². The van der Waals surface area contributed by atoms with E-state index in [1.165, 1.54) is 38.1 Å². The number of rotatable bonds is 7. The molecule has 1 heterocycles. The Hall–Kier alpha value is -3.59. The first-order valence-electron chi connectivity index (χ1n) is 8.97. The van der Waals surface area contributed by atoms with Crippen LogP contribution in [0.4, 0.5) is 4.39 Å². The van der Waals surface area contributed by atoms with Gasteiger partial charge in [0, 0.05) is 5.56 Å². The third kappa shape index (κ3) is 5.48. The second-order valence-electron chi connectivity index (χ2n) is 7.04. The summed E-state index contributed by atoms with van der Waals surface area (Å²) in [6, 6.07) is 12.2. The van der Waals surface area contributed by atoms with Crippen molar-refractivity contribution in [3.63, 3.8) is 0 Å². The zero-order valence-corrected chi connectivity index (χ0v) is 16.3. The zero-order chi connectivity index (χ0) is 21.7. The number of carbonyl (C=O) groups excluding carboxylic acids is 2. The van der Waals surface area contributed by atoms with Crippen LogP contribution in [-0.2, 0) is 14.3 Å². The molecule has 0 spiro atoms. The number of esters is 2. The average Bonchev–Trinajstić information content (AvgIpc) is 3.17. The first kappa shape index (κ1) is 21.1. The summed E-state index contributed by atoms with van der Waals surface area (Å²) in [5.74, 6) is -1.75. The minimum atomic E-state index is -1.22. The van der Waals surface area contributed by atoms with E-state index in [1.54, 1.807) is 24.3 Å². The van der Waals surface area contributed by atoms with Gasteiger partial charge in [-0.3, -0.25) is 4.79 Å². The number of aliphatic hydroxyl groups is 1. The van der Waals surface area contributed by atoms with Crippen molar-refractivity contribution in [2.24, 2.45) is 0 Å². The van der Waals surface area contributed by atoms with Crippen LogP contribution >= 0.6 is 0 Å². The Bertz CT molecular complexity index is 1060. The monoisotopic (exact) mass is 414 g/mol. The van der Waals surface area contributed by atoms with Crippen LogP contribution in [0.5, 0.6) is 0 Å². The predicted molar refractivity (Wildman–Crippen MR) is 102 cm³/mol. The smallest absolute Gasteiger partial charge is 0.341 e. The number of aromatic nitrogens is 2. The van der Waals surface area contributed by atoms with Gasteiger partial charge in [-0.05, 0) is 38.1 Å². The van der Waals surface area contributed by atoms with Crippen LogP contribution in [-0.4, -0.2) is 39.6 Å². The lowest BCUT2D eigenvalue weighted by Crippen LogP contribution is -2.25. The molecule has 0 aliphatic carbocycles. The number of nitrogens with zero attached hydrogens (tertiary/aromatic N) is 2. The molecule has 0 radical (unpaired) electrons. The second kappa shape index (κ2) is 8.83. The van der Waals surface area contributed by atoms with Crippen LogP contribution in [0, 0.1) is 5.82 Å². The molecule has 0 fully saturated rings. The molecule has 3 rings (SSSR count). The van der Waals surface area contributed by atoms with Crippen LogP contribution < -0.4 is 0 Å². The molecule has 2 aromatic carbocycles. The largest absolute Gasteiger partial charge is 0.428 e. The van der Waals surface area contributed by atoms with Gasteiger partial charge in [-0.2, -0.15) is 4.98 Å². The summed E-state index contributed by atoms with van der Waals surface area (Å²) in [7, 11) is 0. The van der Waals surface area contributed by atoms with Crippen molar-refractivity contribution >= 4 is 11.9 Å². The van der Waals surface area contributed by atoms with Gasteiger partial charge in [0.2, 0.25) is 12.6 Å². The fourth-order valence-corrected chi connectivity index (χ4v) is 2.51. The molecule has 0 atom stereocenters. The minimum Gasteiger partial charge on any atom is -0.428 e. The van der Waals surface area contributed by atoms with Crippen molar-refractivity contribution in [3.8, 4) is 22.8 Å². The molecule has 3 aromatic rings. The van der Waals surface area contributed by atoms with Gasteiger partial charge in [-0.1, -0.05) is 29.4 Å². The molecule has 156 valence electrons. The van der Waals surface area contributed by atoms with Crippen molar-refractivity contribution in [1.82, 2.24) is 10.1 Å². The highest BCUT2D eigenvalue weighted by molar-refractivity contribution is 5.90. The normalized spacial score (nSPS) is 11.2. The van der Waals surface area contributed by atoms with Crippen molar-refractivity contribution < 1.29 is 33.1 Å². The SMILES string of the molecule is CC(C)(O)CC(=O)OCOC(=O)c1cccc(-c2noc(-c3ccccc3F)n2)c1. The van der Waals surface area contributed by atoms with E-state index in [2.05, 4.69) is 10.1 Å². The van der Waals surface area contributed by atoms with E-state index in [0.717, 1.165) is 0 Å². The van der Waals surface area contributed by atoms with E-state index in [9.17, 15) is 19.1 Å². The van der Waals surface area contributed by atoms with Gasteiger partial charge < -0.3 is 19.1 Å². The Morgan fingerprint density at radius 1 is 1.13 bits per heavy atom. The van der Waals surface area contributed by atoms with E-state index >= 15 is 0 Å². The first-order valence-corrected chi connectivity index (χ1v) is 8.97. The van der Waals surface area contributed by atoms with Gasteiger partial charge in [-0.15, -0.1) is 0 Å². The molecule has 0 unspecified atom stereocenters. The molecule has 0 aliphatic rings. The van der Waals surface area contributed by atoms with E-state index in [0.29, 0.717) is 5.56 Å². The molecule has 0 amide bonds. The molecular formula is C21H19FN2O6. The van der Waals surface area contributed by atoms with Gasteiger partial charge in [0.05, 0.1) is 23.1 Å². The van der Waals surface area contributed by atoms with E-state index < -0.39 is 30.1 Å². The Kier molecular flexibility index (Phi) is 6.22. The molecule has 1 N–H and O–H groups in total. The molecule has 30 heavy (non-hydrogen) atoms. The van der Waals surface area contributed by atoms with Gasteiger partial charge in [-0.25, -0.2) is 9.18 Å². The zero-order valence-electron chi connectivity index (χ0n) is 16.3. The van der Waals surface area contributed by atoms with Crippen LogP contribution in [0.3, 0.4) is 0 Å². The summed E-state index contributed by atoms with van der Waals surface area (Å²) in [4.78, 5) is 27.9. The lowest BCUT2D eigenvalue weighted by atomic mass is 10.1. The van der Waals surface area contributed by atoms with Gasteiger partial charge in [0.15, 0.2) is 0 Å². The average molecular weight is 414 g/mol. The molecular weight excluding hydrogens is 395 g/mol. The lowest BCUT2D eigenvalue weighted by molar-refractivity contribution is -0.156. The summed E-state index contributed by atoms with van der Waals surface area (Å²) in [5, 5.41) is 13.4. The molecule has 0 aliphatic heterocycles. The number of hydrogen-bond acceptors (Lipinski definition) is 8. The number of carbonyl (C=O) groups is 2. The number of ether oxygens (including phenoxy) is 2. The summed E-state index contributed by atoms with van der Waals surface area (Å²) >= 11 is 0. The van der Waals surface area contributed by atoms with Crippen molar-refractivity contribution in [3.05, 3.63) is 59.9 Å². The van der Waals surface area contributed by atoms with Crippen LogP contribution in [0.1, 0.15) is 30.6 Å². The first-order chi connectivity index (χ1) is 14.2. The summed E-state index contributed by atoms with van der Waals surface area (Å²) in [6.07, 6.45) is -0.234. The van der Waals surface area contributed by atoms with Gasteiger partial charge in [0.1, 0.15) is 5.82 Å². The Morgan fingerprint density at radius 3 is 2.63 bits per heavy atom. The molecule has 0 saturated heterocycles. The van der Waals surface area contributed by atoms with Crippen LogP contribution in [0.25, 0.3) is 22.8 Å². The topological polar surface area (TPSA) is 112 Å². The van der Waals surface area contributed by atoms with Crippen molar-refractivity contribution in [1.29, 1.82) is 0 Å².